The summed E-state index contributed by atoms with van der Waals surface area (Å²) in [6.45, 7) is 2.00. The zero-order valence-electron chi connectivity index (χ0n) is 13.7. The monoisotopic (exact) mass is 326 g/mol. The first kappa shape index (κ1) is 16.5. The van der Waals surface area contributed by atoms with Crippen molar-refractivity contribution in [1.29, 1.82) is 0 Å². The fourth-order valence-corrected chi connectivity index (χ4v) is 3.22. The van der Waals surface area contributed by atoms with Crippen molar-refractivity contribution in [1.82, 2.24) is 10.2 Å². The van der Waals surface area contributed by atoms with Gasteiger partial charge >= 0.3 is 6.03 Å². The van der Waals surface area contributed by atoms with Gasteiger partial charge in [0.05, 0.1) is 0 Å². The second-order valence-corrected chi connectivity index (χ2v) is 6.33. The van der Waals surface area contributed by atoms with Crippen LogP contribution in [0.3, 0.4) is 0 Å². The second-order valence-electron chi connectivity index (χ2n) is 6.33. The fourth-order valence-electron chi connectivity index (χ4n) is 3.22. The number of urea groups is 1. The van der Waals surface area contributed by atoms with Crippen molar-refractivity contribution in [3.05, 3.63) is 71.5 Å². The number of likely N-dealkylation sites (tertiary alicyclic amines) is 1. The summed E-state index contributed by atoms with van der Waals surface area (Å²) in [5, 5.41) is 3.00. The molecule has 2 aromatic rings. The van der Waals surface area contributed by atoms with Crippen LogP contribution in [0, 0.1) is 5.82 Å². The van der Waals surface area contributed by atoms with Crippen molar-refractivity contribution in [2.45, 2.75) is 31.7 Å². The Bertz CT molecular complexity index is 657. The number of benzene rings is 2. The van der Waals surface area contributed by atoms with Crippen LogP contribution in [0.25, 0.3) is 0 Å². The topological polar surface area (TPSA) is 32.3 Å². The molecular weight excluding hydrogens is 303 g/mol. The number of nitrogens with one attached hydrogen (secondary N) is 1. The molecule has 0 spiro atoms. The predicted octanol–water partition coefficient (Wildman–Crippen LogP) is 4.31. The standard InChI is InChI=1S/C20H23FN2O/c21-19-11-9-17(10-12-19)18-8-4-5-13-23(15-18)20(24)22-14-16-6-2-1-3-7-16/h1-3,6-7,9-12,18H,4-5,8,13-15H2,(H,22,24)/t18-/m1/s1. The Balaban J connectivity index is 1.61. The minimum atomic E-state index is -0.218. The molecule has 1 aliphatic rings. The lowest BCUT2D eigenvalue weighted by molar-refractivity contribution is 0.197. The van der Waals surface area contributed by atoms with E-state index in [0.717, 1.165) is 36.9 Å². The molecule has 1 fully saturated rings. The molecule has 0 bridgehead atoms. The van der Waals surface area contributed by atoms with Crippen molar-refractivity contribution >= 4 is 6.03 Å². The van der Waals surface area contributed by atoms with Gasteiger partial charge in [-0.2, -0.15) is 0 Å². The van der Waals surface area contributed by atoms with Crippen LogP contribution in [0.1, 0.15) is 36.3 Å². The molecule has 126 valence electrons. The summed E-state index contributed by atoms with van der Waals surface area (Å²) in [5.41, 5.74) is 2.20. The van der Waals surface area contributed by atoms with Gasteiger partial charge in [0.2, 0.25) is 0 Å². The molecule has 1 aliphatic heterocycles. The van der Waals surface area contributed by atoms with Crippen molar-refractivity contribution in [2.75, 3.05) is 13.1 Å². The molecule has 3 rings (SSSR count). The average molecular weight is 326 g/mol. The molecule has 0 radical (unpaired) electrons. The lowest BCUT2D eigenvalue weighted by atomic mass is 9.94. The highest BCUT2D eigenvalue weighted by Crippen LogP contribution is 2.26. The van der Waals surface area contributed by atoms with Crippen LogP contribution in [0.15, 0.2) is 54.6 Å². The number of hydrogen-bond acceptors (Lipinski definition) is 1. The molecule has 3 nitrogen and oxygen atoms in total. The van der Waals surface area contributed by atoms with E-state index in [1.165, 1.54) is 12.1 Å². The third-order valence-electron chi connectivity index (χ3n) is 4.59. The molecule has 1 atom stereocenters. The zero-order chi connectivity index (χ0) is 16.8. The van der Waals surface area contributed by atoms with Crippen LogP contribution in [0.5, 0.6) is 0 Å². The number of rotatable bonds is 3. The van der Waals surface area contributed by atoms with Gasteiger partial charge in [0.25, 0.3) is 0 Å². The molecular formula is C20H23FN2O. The van der Waals surface area contributed by atoms with Gasteiger partial charge in [-0.15, -0.1) is 0 Å². The Kier molecular flexibility index (Phi) is 5.47. The van der Waals surface area contributed by atoms with E-state index in [9.17, 15) is 9.18 Å². The Morgan fingerprint density at radius 3 is 2.58 bits per heavy atom. The number of carbonyl (C=O) groups is 1. The van der Waals surface area contributed by atoms with Gasteiger partial charge in [0.1, 0.15) is 5.82 Å². The van der Waals surface area contributed by atoms with Crippen LogP contribution >= 0.6 is 0 Å². The van der Waals surface area contributed by atoms with Crippen LogP contribution in [0.2, 0.25) is 0 Å². The van der Waals surface area contributed by atoms with E-state index in [2.05, 4.69) is 5.32 Å². The van der Waals surface area contributed by atoms with E-state index in [4.69, 9.17) is 0 Å². The summed E-state index contributed by atoms with van der Waals surface area (Å²) < 4.78 is 13.1. The van der Waals surface area contributed by atoms with Crippen LogP contribution < -0.4 is 5.32 Å². The second kappa shape index (κ2) is 7.95. The van der Waals surface area contributed by atoms with E-state index in [-0.39, 0.29) is 17.8 Å². The maximum atomic E-state index is 13.1. The maximum Gasteiger partial charge on any atom is 0.317 e. The number of hydrogen-bond donors (Lipinski definition) is 1. The largest absolute Gasteiger partial charge is 0.334 e. The summed E-state index contributed by atoms with van der Waals surface area (Å²) in [5.74, 6) is 0.0559. The SMILES string of the molecule is O=C(NCc1ccccc1)N1CCCC[C@@H](c2ccc(F)cc2)C1. The van der Waals surface area contributed by atoms with Gasteiger partial charge < -0.3 is 10.2 Å². The normalized spacial score (nSPS) is 18.0. The molecule has 0 saturated carbocycles. The van der Waals surface area contributed by atoms with Gasteiger partial charge in [0, 0.05) is 25.6 Å². The molecule has 1 saturated heterocycles. The average Bonchev–Trinajstić information content (AvgIpc) is 2.87. The molecule has 2 amide bonds. The Labute approximate surface area is 142 Å². The third-order valence-corrected chi connectivity index (χ3v) is 4.59. The third kappa shape index (κ3) is 4.34. The molecule has 1 N–H and O–H groups in total. The molecule has 2 aromatic carbocycles. The van der Waals surface area contributed by atoms with E-state index >= 15 is 0 Å². The highest BCUT2D eigenvalue weighted by molar-refractivity contribution is 5.74. The lowest BCUT2D eigenvalue weighted by Crippen LogP contribution is -2.41. The number of nitrogens with zero attached hydrogens (tertiary/aromatic N) is 1. The molecule has 4 heteroatoms. The minimum absolute atomic E-state index is 0.0205. The van der Waals surface area contributed by atoms with Gasteiger partial charge in [-0.3, -0.25) is 0 Å². The van der Waals surface area contributed by atoms with Gasteiger partial charge in [-0.05, 0) is 36.1 Å². The first-order chi connectivity index (χ1) is 11.7. The Hall–Kier alpha value is -2.36. The Morgan fingerprint density at radius 2 is 1.83 bits per heavy atom. The summed E-state index contributed by atoms with van der Waals surface area (Å²) in [4.78, 5) is 14.4. The number of carbonyl (C=O) groups excluding carboxylic acids is 1. The predicted molar refractivity (Wildman–Crippen MR) is 93.2 cm³/mol. The van der Waals surface area contributed by atoms with Crippen molar-refractivity contribution in [3.63, 3.8) is 0 Å². The van der Waals surface area contributed by atoms with E-state index in [0.29, 0.717) is 13.1 Å². The molecule has 0 aromatic heterocycles. The maximum absolute atomic E-state index is 13.1. The van der Waals surface area contributed by atoms with Gasteiger partial charge in [0.15, 0.2) is 0 Å². The Morgan fingerprint density at radius 1 is 1.08 bits per heavy atom. The van der Waals surface area contributed by atoms with Crippen molar-refractivity contribution in [2.24, 2.45) is 0 Å². The highest BCUT2D eigenvalue weighted by atomic mass is 19.1. The summed E-state index contributed by atoms with van der Waals surface area (Å²) in [6.07, 6.45) is 3.13. The van der Waals surface area contributed by atoms with Crippen LogP contribution in [-0.2, 0) is 6.54 Å². The van der Waals surface area contributed by atoms with Crippen molar-refractivity contribution < 1.29 is 9.18 Å². The molecule has 0 unspecified atom stereocenters. The quantitative estimate of drug-likeness (QED) is 0.896. The molecule has 1 heterocycles. The van der Waals surface area contributed by atoms with Crippen LogP contribution in [-0.4, -0.2) is 24.0 Å². The van der Waals surface area contributed by atoms with Crippen molar-refractivity contribution in [3.8, 4) is 0 Å². The lowest BCUT2D eigenvalue weighted by Gasteiger charge is -2.25. The summed E-state index contributed by atoms with van der Waals surface area (Å²) in [6, 6.07) is 16.6. The van der Waals surface area contributed by atoms with E-state index in [1.54, 1.807) is 0 Å². The van der Waals surface area contributed by atoms with E-state index < -0.39 is 0 Å². The first-order valence-electron chi connectivity index (χ1n) is 8.54. The highest BCUT2D eigenvalue weighted by Gasteiger charge is 2.23. The molecule has 0 aliphatic carbocycles. The zero-order valence-corrected chi connectivity index (χ0v) is 13.7. The van der Waals surface area contributed by atoms with Gasteiger partial charge in [-0.25, -0.2) is 9.18 Å². The molecule has 24 heavy (non-hydrogen) atoms. The summed E-state index contributed by atoms with van der Waals surface area (Å²) in [7, 11) is 0. The number of amides is 2. The van der Waals surface area contributed by atoms with Crippen LogP contribution in [0.4, 0.5) is 9.18 Å². The number of halogens is 1. The summed E-state index contributed by atoms with van der Waals surface area (Å²) >= 11 is 0. The fraction of sp³-hybridized carbons (Fsp3) is 0.350. The minimum Gasteiger partial charge on any atom is -0.334 e. The van der Waals surface area contributed by atoms with E-state index in [1.807, 2.05) is 47.4 Å². The smallest absolute Gasteiger partial charge is 0.317 e. The van der Waals surface area contributed by atoms with Gasteiger partial charge in [-0.1, -0.05) is 48.9 Å². The first-order valence-corrected chi connectivity index (χ1v) is 8.54.